The molecule has 2 rings (SSSR count). The fourth-order valence-electron chi connectivity index (χ4n) is 1.85. The molecule has 1 fully saturated rings. The summed E-state index contributed by atoms with van der Waals surface area (Å²) in [5, 5.41) is 1.15. The van der Waals surface area contributed by atoms with Crippen molar-refractivity contribution >= 4 is 21.6 Å². The second-order valence-electron chi connectivity index (χ2n) is 4.24. The summed E-state index contributed by atoms with van der Waals surface area (Å²) in [5.74, 6) is 1.69. The van der Waals surface area contributed by atoms with Crippen LogP contribution in [0, 0.1) is 5.92 Å². The summed E-state index contributed by atoms with van der Waals surface area (Å²) in [6.07, 6.45) is 1.35. The first-order valence-electron chi connectivity index (χ1n) is 5.05. The molecule has 0 radical (unpaired) electrons. The van der Waals surface area contributed by atoms with E-state index in [0.717, 1.165) is 17.2 Å². The van der Waals surface area contributed by atoms with E-state index in [1.54, 1.807) is 0 Å². The van der Waals surface area contributed by atoms with Gasteiger partial charge in [0.15, 0.2) is 0 Å². The fourth-order valence-corrected chi connectivity index (χ4v) is 2.56. The number of nitrogens with zero attached hydrogens (tertiary/aromatic N) is 1. The Bertz CT molecular complexity index is 305. The Labute approximate surface area is 94.2 Å². The summed E-state index contributed by atoms with van der Waals surface area (Å²) >= 11 is 3.54. The maximum Gasteiger partial charge on any atom is 0.0361 e. The maximum absolute atomic E-state index is 3.54. The number of halogens is 1. The standard InChI is InChI=1S/C12H16BrN/c1-14(2)11-5-3-9(4-6-11)12-7-10(12)8-13/h3-6,10,12H,7-8H2,1-2H3. The number of anilines is 1. The first kappa shape index (κ1) is 10.0. The van der Waals surface area contributed by atoms with Crippen molar-refractivity contribution in [2.75, 3.05) is 24.3 Å². The van der Waals surface area contributed by atoms with Crippen LogP contribution in [0.1, 0.15) is 17.9 Å². The summed E-state index contributed by atoms with van der Waals surface area (Å²) in [5.41, 5.74) is 2.78. The van der Waals surface area contributed by atoms with Crippen molar-refractivity contribution in [1.82, 2.24) is 0 Å². The highest BCUT2D eigenvalue weighted by Gasteiger charge is 2.36. The van der Waals surface area contributed by atoms with E-state index in [1.807, 2.05) is 0 Å². The molecule has 1 aromatic carbocycles. The summed E-state index contributed by atoms with van der Waals surface area (Å²) in [7, 11) is 4.15. The highest BCUT2D eigenvalue weighted by Crippen LogP contribution is 2.48. The van der Waals surface area contributed by atoms with Crippen molar-refractivity contribution in [1.29, 1.82) is 0 Å². The van der Waals surface area contributed by atoms with Crippen LogP contribution in [0.5, 0.6) is 0 Å². The van der Waals surface area contributed by atoms with Crippen LogP contribution in [-0.4, -0.2) is 19.4 Å². The predicted octanol–water partition coefficient (Wildman–Crippen LogP) is 3.25. The van der Waals surface area contributed by atoms with Gasteiger partial charge in [-0.25, -0.2) is 0 Å². The summed E-state index contributed by atoms with van der Waals surface area (Å²) in [6, 6.07) is 8.95. The fraction of sp³-hybridized carbons (Fsp3) is 0.500. The molecule has 76 valence electrons. The molecule has 1 nitrogen and oxygen atoms in total. The third kappa shape index (κ3) is 1.95. The van der Waals surface area contributed by atoms with Gasteiger partial charge in [0.2, 0.25) is 0 Å². The highest BCUT2D eigenvalue weighted by molar-refractivity contribution is 9.09. The van der Waals surface area contributed by atoms with E-state index in [4.69, 9.17) is 0 Å². The number of alkyl halides is 1. The van der Waals surface area contributed by atoms with Crippen LogP contribution in [0.3, 0.4) is 0 Å². The second kappa shape index (κ2) is 3.93. The lowest BCUT2D eigenvalue weighted by Gasteiger charge is -2.12. The van der Waals surface area contributed by atoms with Gasteiger partial charge in [0, 0.05) is 25.1 Å². The first-order chi connectivity index (χ1) is 6.72. The molecule has 1 aromatic rings. The minimum absolute atomic E-state index is 0.811. The van der Waals surface area contributed by atoms with E-state index in [0.29, 0.717) is 0 Å². The van der Waals surface area contributed by atoms with Gasteiger partial charge in [0.25, 0.3) is 0 Å². The molecule has 1 saturated carbocycles. The summed E-state index contributed by atoms with van der Waals surface area (Å²) < 4.78 is 0. The first-order valence-corrected chi connectivity index (χ1v) is 6.17. The van der Waals surface area contributed by atoms with Crippen molar-refractivity contribution in [2.45, 2.75) is 12.3 Å². The zero-order valence-electron chi connectivity index (χ0n) is 8.70. The maximum atomic E-state index is 3.54. The third-order valence-electron chi connectivity index (χ3n) is 2.96. The molecule has 1 aliphatic carbocycles. The minimum Gasteiger partial charge on any atom is -0.378 e. The van der Waals surface area contributed by atoms with Gasteiger partial charge in [-0.15, -0.1) is 0 Å². The smallest absolute Gasteiger partial charge is 0.0361 e. The number of benzene rings is 1. The van der Waals surface area contributed by atoms with Crippen molar-refractivity contribution in [2.24, 2.45) is 5.92 Å². The summed E-state index contributed by atoms with van der Waals surface area (Å²) in [6.45, 7) is 0. The highest BCUT2D eigenvalue weighted by atomic mass is 79.9. The van der Waals surface area contributed by atoms with Gasteiger partial charge in [0.05, 0.1) is 0 Å². The van der Waals surface area contributed by atoms with Gasteiger partial charge >= 0.3 is 0 Å². The Morgan fingerprint density at radius 2 is 1.93 bits per heavy atom. The van der Waals surface area contributed by atoms with E-state index < -0.39 is 0 Å². The van der Waals surface area contributed by atoms with Gasteiger partial charge in [-0.3, -0.25) is 0 Å². The molecule has 0 aromatic heterocycles. The van der Waals surface area contributed by atoms with Crippen molar-refractivity contribution in [3.05, 3.63) is 29.8 Å². The van der Waals surface area contributed by atoms with Crippen LogP contribution in [0.25, 0.3) is 0 Å². The van der Waals surface area contributed by atoms with Crippen LogP contribution in [0.15, 0.2) is 24.3 Å². The lowest BCUT2D eigenvalue weighted by Crippen LogP contribution is -2.08. The van der Waals surface area contributed by atoms with E-state index in [1.165, 1.54) is 17.7 Å². The average Bonchev–Trinajstić information content (AvgIpc) is 2.97. The normalized spacial score (nSPS) is 24.8. The van der Waals surface area contributed by atoms with Crippen LogP contribution >= 0.6 is 15.9 Å². The topological polar surface area (TPSA) is 3.24 Å². The van der Waals surface area contributed by atoms with E-state index in [9.17, 15) is 0 Å². The molecule has 0 aliphatic heterocycles. The van der Waals surface area contributed by atoms with Crippen molar-refractivity contribution in [3.8, 4) is 0 Å². The van der Waals surface area contributed by atoms with Gasteiger partial charge in [-0.05, 0) is 36.0 Å². The van der Waals surface area contributed by atoms with Crippen LogP contribution in [0.2, 0.25) is 0 Å². The molecule has 0 saturated heterocycles. The van der Waals surface area contributed by atoms with E-state index in [2.05, 4.69) is 59.2 Å². The largest absolute Gasteiger partial charge is 0.378 e. The third-order valence-corrected chi connectivity index (χ3v) is 3.79. The van der Waals surface area contributed by atoms with Gasteiger partial charge in [-0.2, -0.15) is 0 Å². The Kier molecular flexibility index (Phi) is 2.82. The molecule has 1 aliphatic rings. The molecule has 2 atom stereocenters. The number of hydrogen-bond donors (Lipinski definition) is 0. The molecule has 2 unspecified atom stereocenters. The molecule has 14 heavy (non-hydrogen) atoms. The monoisotopic (exact) mass is 253 g/mol. The Morgan fingerprint density at radius 3 is 2.36 bits per heavy atom. The van der Waals surface area contributed by atoms with Crippen molar-refractivity contribution in [3.63, 3.8) is 0 Å². The van der Waals surface area contributed by atoms with Crippen LogP contribution in [0.4, 0.5) is 5.69 Å². The van der Waals surface area contributed by atoms with Crippen molar-refractivity contribution < 1.29 is 0 Å². The molecule has 0 bridgehead atoms. The van der Waals surface area contributed by atoms with E-state index >= 15 is 0 Å². The SMILES string of the molecule is CN(C)c1ccc(C2CC2CBr)cc1. The zero-order valence-corrected chi connectivity index (χ0v) is 10.3. The molecule has 2 heteroatoms. The lowest BCUT2D eigenvalue weighted by molar-refractivity contribution is 0.936. The second-order valence-corrected chi connectivity index (χ2v) is 4.89. The summed E-state index contributed by atoms with van der Waals surface area (Å²) in [4.78, 5) is 2.14. The average molecular weight is 254 g/mol. The van der Waals surface area contributed by atoms with Gasteiger partial charge < -0.3 is 4.90 Å². The Balaban J connectivity index is 2.08. The van der Waals surface area contributed by atoms with Gasteiger partial charge in [-0.1, -0.05) is 28.1 Å². The molecule has 0 heterocycles. The lowest BCUT2D eigenvalue weighted by atomic mass is 10.1. The van der Waals surface area contributed by atoms with Gasteiger partial charge in [0.1, 0.15) is 0 Å². The minimum atomic E-state index is 0.811. The molecule has 0 amide bonds. The Morgan fingerprint density at radius 1 is 1.29 bits per heavy atom. The van der Waals surface area contributed by atoms with Crippen LogP contribution < -0.4 is 4.90 Å². The zero-order chi connectivity index (χ0) is 10.1. The number of rotatable bonds is 3. The van der Waals surface area contributed by atoms with E-state index in [-0.39, 0.29) is 0 Å². The molecular formula is C12H16BrN. The van der Waals surface area contributed by atoms with Crippen LogP contribution in [-0.2, 0) is 0 Å². The molecular weight excluding hydrogens is 238 g/mol. The number of hydrogen-bond acceptors (Lipinski definition) is 1. The molecule has 0 spiro atoms. The molecule has 0 N–H and O–H groups in total. The predicted molar refractivity (Wildman–Crippen MR) is 65.4 cm³/mol. The Hall–Kier alpha value is -0.500. The quantitative estimate of drug-likeness (QED) is 0.748.